The zero-order valence-corrected chi connectivity index (χ0v) is 7.84. The summed E-state index contributed by atoms with van der Waals surface area (Å²) in [5.74, 6) is 0.706. The summed E-state index contributed by atoms with van der Waals surface area (Å²) < 4.78 is 0. The molecule has 0 atom stereocenters. The molecule has 0 saturated carbocycles. The van der Waals surface area contributed by atoms with Crippen molar-refractivity contribution in [1.29, 1.82) is 5.26 Å². The Morgan fingerprint density at radius 3 is 3.00 bits per heavy atom. The van der Waals surface area contributed by atoms with Gasteiger partial charge in [-0.1, -0.05) is 12.1 Å². The average molecular weight is 192 g/mol. The first-order valence-electron chi connectivity index (χ1n) is 3.72. The summed E-state index contributed by atoms with van der Waals surface area (Å²) in [6.45, 7) is 0. The second-order valence-corrected chi connectivity index (χ2v) is 3.55. The van der Waals surface area contributed by atoms with Crippen molar-refractivity contribution in [2.75, 3.05) is 0 Å². The van der Waals surface area contributed by atoms with Crippen LogP contribution in [0.2, 0.25) is 0 Å². The summed E-state index contributed by atoms with van der Waals surface area (Å²) in [7, 11) is 0. The lowest BCUT2D eigenvalue weighted by atomic mass is 10.2. The molecule has 1 rings (SSSR count). The fraction of sp³-hybridized carbons (Fsp3) is 0.111. The van der Waals surface area contributed by atoms with Gasteiger partial charge in [-0.05, 0) is 29.5 Å². The fourth-order valence-electron chi connectivity index (χ4n) is 0.897. The zero-order valence-electron chi connectivity index (χ0n) is 7.03. The van der Waals surface area contributed by atoms with Crippen LogP contribution in [-0.2, 0) is 5.75 Å². The Bertz CT molecular complexity index is 354. The topological polar surface area (TPSA) is 75.4 Å². The van der Waals surface area contributed by atoms with Gasteiger partial charge in [-0.3, -0.25) is 11.1 Å². The molecule has 0 spiro atoms. The van der Waals surface area contributed by atoms with Crippen molar-refractivity contribution in [3.05, 3.63) is 35.4 Å². The molecule has 0 amide bonds. The monoisotopic (exact) mass is 192 g/mol. The SMILES string of the molecule is N#Cc1cccc(CSC(N)=[NH2+])c1. The molecule has 0 radical (unpaired) electrons. The second kappa shape index (κ2) is 4.53. The Labute approximate surface area is 81.1 Å². The van der Waals surface area contributed by atoms with E-state index in [1.54, 1.807) is 6.07 Å². The minimum Gasteiger partial charge on any atom is -0.282 e. The summed E-state index contributed by atoms with van der Waals surface area (Å²) in [5.41, 5.74) is 7.02. The molecule has 0 heterocycles. The number of rotatable bonds is 2. The third-order valence-electron chi connectivity index (χ3n) is 1.46. The first kappa shape index (κ1) is 9.62. The van der Waals surface area contributed by atoms with E-state index in [9.17, 15) is 0 Å². The molecule has 0 aromatic heterocycles. The predicted octanol–water partition coefficient (Wildman–Crippen LogP) is -0.135. The van der Waals surface area contributed by atoms with Crippen molar-refractivity contribution in [3.8, 4) is 6.07 Å². The van der Waals surface area contributed by atoms with Crippen molar-refractivity contribution in [2.45, 2.75) is 5.75 Å². The van der Waals surface area contributed by atoms with Gasteiger partial charge in [0.25, 0.3) is 5.17 Å². The summed E-state index contributed by atoms with van der Waals surface area (Å²) in [5, 5.41) is 14.3. The van der Waals surface area contributed by atoms with Crippen LogP contribution in [0.15, 0.2) is 24.3 Å². The highest BCUT2D eigenvalue weighted by Gasteiger charge is 1.99. The van der Waals surface area contributed by atoms with E-state index >= 15 is 0 Å². The Morgan fingerprint density at radius 1 is 1.62 bits per heavy atom. The predicted molar refractivity (Wildman–Crippen MR) is 53.6 cm³/mol. The van der Waals surface area contributed by atoms with Crippen LogP contribution in [0, 0.1) is 11.3 Å². The van der Waals surface area contributed by atoms with Crippen LogP contribution in [0.1, 0.15) is 11.1 Å². The second-order valence-electron chi connectivity index (χ2n) is 2.50. The Morgan fingerprint density at radius 2 is 2.38 bits per heavy atom. The summed E-state index contributed by atoms with van der Waals surface area (Å²) in [6, 6.07) is 9.46. The lowest BCUT2D eigenvalue weighted by Gasteiger charge is -1.97. The molecule has 13 heavy (non-hydrogen) atoms. The molecule has 66 valence electrons. The van der Waals surface area contributed by atoms with Gasteiger partial charge in [0.15, 0.2) is 0 Å². The Balaban J connectivity index is 2.68. The number of nitrogens with two attached hydrogens (primary N) is 2. The number of thioether (sulfide) groups is 1. The number of hydrogen-bond acceptors (Lipinski definition) is 2. The highest BCUT2D eigenvalue weighted by molar-refractivity contribution is 8.12. The number of benzene rings is 1. The summed E-state index contributed by atoms with van der Waals surface area (Å²) >= 11 is 1.37. The highest BCUT2D eigenvalue weighted by atomic mass is 32.2. The fourth-order valence-corrected chi connectivity index (χ4v) is 1.41. The van der Waals surface area contributed by atoms with E-state index in [2.05, 4.69) is 6.07 Å². The molecule has 1 aromatic carbocycles. The van der Waals surface area contributed by atoms with Gasteiger partial charge in [0.1, 0.15) is 0 Å². The zero-order chi connectivity index (χ0) is 9.68. The summed E-state index contributed by atoms with van der Waals surface area (Å²) in [6.07, 6.45) is 0. The lowest BCUT2D eigenvalue weighted by molar-refractivity contribution is -0.110. The first-order valence-corrected chi connectivity index (χ1v) is 4.70. The molecule has 0 saturated heterocycles. The lowest BCUT2D eigenvalue weighted by Crippen LogP contribution is -2.43. The van der Waals surface area contributed by atoms with Gasteiger partial charge in [-0.15, -0.1) is 0 Å². The molecule has 4 N–H and O–H groups in total. The molecular weight excluding hydrogens is 182 g/mol. The van der Waals surface area contributed by atoms with E-state index in [-0.39, 0.29) is 0 Å². The smallest absolute Gasteiger partial charge is 0.282 e. The van der Waals surface area contributed by atoms with E-state index in [4.69, 9.17) is 16.4 Å². The van der Waals surface area contributed by atoms with Crippen molar-refractivity contribution in [2.24, 2.45) is 5.73 Å². The normalized spacial score (nSPS) is 9.15. The molecule has 0 unspecified atom stereocenters. The van der Waals surface area contributed by atoms with Crippen molar-refractivity contribution in [1.82, 2.24) is 0 Å². The van der Waals surface area contributed by atoms with E-state index in [1.807, 2.05) is 18.2 Å². The van der Waals surface area contributed by atoms with Crippen LogP contribution in [0.3, 0.4) is 0 Å². The van der Waals surface area contributed by atoms with E-state index in [0.717, 1.165) is 5.56 Å². The van der Waals surface area contributed by atoms with Crippen molar-refractivity contribution < 1.29 is 5.41 Å². The maximum absolute atomic E-state index is 8.63. The molecule has 3 nitrogen and oxygen atoms in total. The molecule has 0 aliphatic heterocycles. The quantitative estimate of drug-likeness (QED) is 0.506. The Kier molecular flexibility index (Phi) is 3.35. The van der Waals surface area contributed by atoms with Crippen LogP contribution in [-0.4, -0.2) is 5.17 Å². The number of nitriles is 1. The minimum absolute atomic E-state index is 0.349. The largest absolute Gasteiger partial charge is 0.300 e. The molecule has 1 aromatic rings. The number of hydrogen-bond donors (Lipinski definition) is 2. The van der Waals surface area contributed by atoms with Crippen molar-refractivity contribution in [3.63, 3.8) is 0 Å². The number of nitrogens with zero attached hydrogens (tertiary/aromatic N) is 1. The molecule has 0 aliphatic rings. The van der Waals surface area contributed by atoms with E-state index in [0.29, 0.717) is 16.5 Å². The molecular formula is C9H10N3S+. The Hall–Kier alpha value is -1.47. The standard InChI is InChI=1S/C9H9N3S/c10-5-7-2-1-3-8(4-7)6-13-9(11)12/h1-4H,6H2,(H3,11,12)/p+1. The average Bonchev–Trinajstić information content (AvgIpc) is 2.15. The van der Waals surface area contributed by atoms with E-state index < -0.39 is 0 Å². The van der Waals surface area contributed by atoms with Crippen LogP contribution < -0.4 is 11.1 Å². The third kappa shape index (κ3) is 3.18. The van der Waals surface area contributed by atoms with Gasteiger partial charge in [-0.2, -0.15) is 5.26 Å². The minimum atomic E-state index is 0.349. The molecule has 0 fully saturated rings. The van der Waals surface area contributed by atoms with Crippen LogP contribution in [0.4, 0.5) is 0 Å². The molecule has 4 heteroatoms. The maximum Gasteiger partial charge on any atom is 0.300 e. The van der Waals surface area contributed by atoms with Crippen molar-refractivity contribution >= 4 is 16.9 Å². The van der Waals surface area contributed by atoms with Gasteiger partial charge in [0.05, 0.1) is 11.6 Å². The third-order valence-corrected chi connectivity index (χ3v) is 2.27. The molecule has 0 aliphatic carbocycles. The van der Waals surface area contributed by atoms with E-state index in [1.165, 1.54) is 11.8 Å². The van der Waals surface area contributed by atoms with Gasteiger partial charge in [-0.25, -0.2) is 0 Å². The maximum atomic E-state index is 8.63. The van der Waals surface area contributed by atoms with Gasteiger partial charge < -0.3 is 0 Å². The first-order chi connectivity index (χ1) is 6.22. The number of amidine groups is 1. The summed E-state index contributed by atoms with van der Waals surface area (Å²) in [4.78, 5) is 0. The van der Waals surface area contributed by atoms with Crippen LogP contribution in [0.5, 0.6) is 0 Å². The van der Waals surface area contributed by atoms with Crippen LogP contribution >= 0.6 is 11.8 Å². The van der Waals surface area contributed by atoms with Gasteiger partial charge in [0.2, 0.25) is 0 Å². The van der Waals surface area contributed by atoms with Gasteiger partial charge in [0, 0.05) is 5.75 Å². The molecule has 0 bridgehead atoms. The van der Waals surface area contributed by atoms with Gasteiger partial charge >= 0.3 is 0 Å². The highest BCUT2D eigenvalue weighted by Crippen LogP contribution is 2.11. The van der Waals surface area contributed by atoms with Crippen LogP contribution in [0.25, 0.3) is 0 Å².